The van der Waals surface area contributed by atoms with Crippen LogP contribution in [0.15, 0.2) is 0 Å². The second-order valence-electron chi connectivity index (χ2n) is 5.78. The van der Waals surface area contributed by atoms with Gasteiger partial charge in [-0.25, -0.2) is 0 Å². The fourth-order valence-corrected chi connectivity index (χ4v) is 2.62. The zero-order chi connectivity index (χ0) is 11.8. The van der Waals surface area contributed by atoms with Crippen LogP contribution in [0.5, 0.6) is 0 Å². The summed E-state index contributed by atoms with van der Waals surface area (Å²) in [4.78, 5) is 0. The summed E-state index contributed by atoms with van der Waals surface area (Å²) in [5.74, 6) is 1.60. The SMILES string of the molecule is CC(C)CCCNCC(O)CC1CCCC1. The van der Waals surface area contributed by atoms with Crippen molar-refractivity contribution in [3.05, 3.63) is 0 Å². The minimum atomic E-state index is -0.123. The summed E-state index contributed by atoms with van der Waals surface area (Å²) in [6, 6.07) is 0. The Kier molecular flexibility index (Phi) is 7.06. The van der Waals surface area contributed by atoms with Crippen LogP contribution in [-0.2, 0) is 0 Å². The normalized spacial score (nSPS) is 19.5. The highest BCUT2D eigenvalue weighted by Gasteiger charge is 2.18. The first-order valence-electron chi connectivity index (χ1n) is 7.07. The van der Waals surface area contributed by atoms with Gasteiger partial charge in [-0.1, -0.05) is 39.5 Å². The molecule has 0 saturated heterocycles. The maximum Gasteiger partial charge on any atom is 0.0667 e. The summed E-state index contributed by atoms with van der Waals surface area (Å²) in [5, 5.41) is 13.2. The molecular formula is C14H29NO. The van der Waals surface area contributed by atoms with Gasteiger partial charge >= 0.3 is 0 Å². The molecule has 1 aliphatic rings. The third-order valence-corrected chi connectivity index (χ3v) is 3.60. The van der Waals surface area contributed by atoms with Crippen molar-refractivity contribution >= 4 is 0 Å². The molecular weight excluding hydrogens is 198 g/mol. The predicted molar refractivity (Wildman–Crippen MR) is 69.5 cm³/mol. The lowest BCUT2D eigenvalue weighted by atomic mass is 10.00. The van der Waals surface area contributed by atoms with Crippen molar-refractivity contribution in [2.75, 3.05) is 13.1 Å². The van der Waals surface area contributed by atoms with E-state index in [1.807, 2.05) is 0 Å². The van der Waals surface area contributed by atoms with E-state index in [4.69, 9.17) is 0 Å². The van der Waals surface area contributed by atoms with Gasteiger partial charge in [0, 0.05) is 6.54 Å². The second-order valence-corrected chi connectivity index (χ2v) is 5.78. The molecule has 0 radical (unpaired) electrons. The first-order chi connectivity index (χ1) is 7.68. The molecule has 1 fully saturated rings. The Labute approximate surface area is 101 Å². The van der Waals surface area contributed by atoms with Gasteiger partial charge in [0.05, 0.1) is 6.10 Å². The van der Waals surface area contributed by atoms with Crippen molar-refractivity contribution in [3.8, 4) is 0 Å². The summed E-state index contributed by atoms with van der Waals surface area (Å²) in [6.45, 7) is 6.36. The molecule has 1 atom stereocenters. The average Bonchev–Trinajstić information content (AvgIpc) is 2.69. The molecule has 1 saturated carbocycles. The highest BCUT2D eigenvalue weighted by atomic mass is 16.3. The molecule has 0 aromatic rings. The van der Waals surface area contributed by atoms with Gasteiger partial charge in [-0.2, -0.15) is 0 Å². The quantitative estimate of drug-likeness (QED) is 0.625. The number of aliphatic hydroxyl groups is 1. The summed E-state index contributed by atoms with van der Waals surface area (Å²) in [7, 11) is 0. The van der Waals surface area contributed by atoms with Gasteiger partial charge in [-0.3, -0.25) is 0 Å². The molecule has 2 N–H and O–H groups in total. The van der Waals surface area contributed by atoms with E-state index in [2.05, 4.69) is 19.2 Å². The molecule has 2 heteroatoms. The molecule has 0 bridgehead atoms. The number of hydrogen-bond donors (Lipinski definition) is 2. The van der Waals surface area contributed by atoms with Crippen LogP contribution in [0.3, 0.4) is 0 Å². The Morgan fingerprint density at radius 2 is 1.94 bits per heavy atom. The van der Waals surface area contributed by atoms with E-state index in [0.717, 1.165) is 31.3 Å². The van der Waals surface area contributed by atoms with Gasteiger partial charge in [0.1, 0.15) is 0 Å². The zero-order valence-corrected chi connectivity index (χ0v) is 11.0. The third kappa shape index (κ3) is 6.49. The number of nitrogens with one attached hydrogen (secondary N) is 1. The lowest BCUT2D eigenvalue weighted by Gasteiger charge is -2.16. The van der Waals surface area contributed by atoms with Crippen molar-refractivity contribution in [2.45, 2.75) is 64.9 Å². The van der Waals surface area contributed by atoms with Crippen molar-refractivity contribution < 1.29 is 5.11 Å². The van der Waals surface area contributed by atoms with Crippen LogP contribution >= 0.6 is 0 Å². The highest BCUT2D eigenvalue weighted by Crippen LogP contribution is 2.28. The Morgan fingerprint density at radius 3 is 2.56 bits per heavy atom. The monoisotopic (exact) mass is 227 g/mol. The van der Waals surface area contributed by atoms with Crippen LogP contribution in [-0.4, -0.2) is 24.3 Å². The molecule has 0 aliphatic heterocycles. The van der Waals surface area contributed by atoms with Gasteiger partial charge < -0.3 is 10.4 Å². The Bertz CT molecular complexity index is 164. The van der Waals surface area contributed by atoms with E-state index in [0.29, 0.717) is 0 Å². The average molecular weight is 227 g/mol. The smallest absolute Gasteiger partial charge is 0.0667 e. The van der Waals surface area contributed by atoms with E-state index >= 15 is 0 Å². The van der Waals surface area contributed by atoms with E-state index in [-0.39, 0.29) is 6.10 Å². The molecule has 16 heavy (non-hydrogen) atoms. The molecule has 0 amide bonds. The molecule has 1 rings (SSSR count). The fraction of sp³-hybridized carbons (Fsp3) is 1.00. The first kappa shape index (κ1) is 14.0. The third-order valence-electron chi connectivity index (χ3n) is 3.60. The Hall–Kier alpha value is -0.0800. The molecule has 1 aliphatic carbocycles. The van der Waals surface area contributed by atoms with Gasteiger partial charge in [-0.05, 0) is 37.6 Å². The van der Waals surface area contributed by atoms with E-state index in [1.54, 1.807) is 0 Å². The molecule has 96 valence electrons. The summed E-state index contributed by atoms with van der Waals surface area (Å²) in [6.07, 6.45) is 8.83. The van der Waals surface area contributed by atoms with E-state index in [9.17, 15) is 5.11 Å². The van der Waals surface area contributed by atoms with Crippen LogP contribution < -0.4 is 5.32 Å². The molecule has 1 unspecified atom stereocenters. The van der Waals surface area contributed by atoms with Crippen LogP contribution in [0, 0.1) is 11.8 Å². The molecule has 0 aromatic carbocycles. The largest absolute Gasteiger partial charge is 0.392 e. The lowest BCUT2D eigenvalue weighted by molar-refractivity contribution is 0.140. The van der Waals surface area contributed by atoms with E-state index in [1.165, 1.54) is 38.5 Å². The van der Waals surface area contributed by atoms with Gasteiger partial charge in [0.25, 0.3) is 0 Å². The topological polar surface area (TPSA) is 32.3 Å². The van der Waals surface area contributed by atoms with Crippen molar-refractivity contribution in [2.24, 2.45) is 11.8 Å². The minimum Gasteiger partial charge on any atom is -0.392 e. The van der Waals surface area contributed by atoms with E-state index < -0.39 is 0 Å². The molecule has 0 spiro atoms. The molecule has 0 aromatic heterocycles. The first-order valence-corrected chi connectivity index (χ1v) is 7.07. The zero-order valence-electron chi connectivity index (χ0n) is 11.0. The van der Waals surface area contributed by atoms with Crippen LogP contribution in [0.4, 0.5) is 0 Å². The van der Waals surface area contributed by atoms with Gasteiger partial charge in [0.2, 0.25) is 0 Å². The predicted octanol–water partition coefficient (Wildman–Crippen LogP) is 2.95. The summed E-state index contributed by atoms with van der Waals surface area (Å²) >= 11 is 0. The fourth-order valence-electron chi connectivity index (χ4n) is 2.62. The second kappa shape index (κ2) is 8.08. The Morgan fingerprint density at radius 1 is 1.25 bits per heavy atom. The van der Waals surface area contributed by atoms with Crippen LogP contribution in [0.25, 0.3) is 0 Å². The summed E-state index contributed by atoms with van der Waals surface area (Å²) in [5.41, 5.74) is 0. The van der Waals surface area contributed by atoms with Crippen LogP contribution in [0.1, 0.15) is 58.8 Å². The number of hydrogen-bond acceptors (Lipinski definition) is 2. The lowest BCUT2D eigenvalue weighted by Crippen LogP contribution is -2.29. The molecule has 0 heterocycles. The number of aliphatic hydroxyl groups excluding tert-OH is 1. The number of rotatable bonds is 8. The highest BCUT2D eigenvalue weighted by molar-refractivity contribution is 4.72. The molecule has 2 nitrogen and oxygen atoms in total. The van der Waals surface area contributed by atoms with Crippen LogP contribution in [0.2, 0.25) is 0 Å². The van der Waals surface area contributed by atoms with Crippen molar-refractivity contribution in [3.63, 3.8) is 0 Å². The maximum atomic E-state index is 9.86. The minimum absolute atomic E-state index is 0.123. The van der Waals surface area contributed by atoms with Gasteiger partial charge in [0.15, 0.2) is 0 Å². The maximum absolute atomic E-state index is 9.86. The van der Waals surface area contributed by atoms with Crippen molar-refractivity contribution in [1.29, 1.82) is 0 Å². The Balaban J connectivity index is 1.91. The summed E-state index contributed by atoms with van der Waals surface area (Å²) < 4.78 is 0. The standard InChI is InChI=1S/C14H29NO/c1-12(2)6-5-9-15-11-14(16)10-13-7-3-4-8-13/h12-16H,3-11H2,1-2H3. The van der Waals surface area contributed by atoms with Crippen molar-refractivity contribution in [1.82, 2.24) is 5.32 Å². The van der Waals surface area contributed by atoms with Gasteiger partial charge in [-0.15, -0.1) is 0 Å².